The normalized spacial score (nSPS) is 25.8. The lowest BCUT2D eigenvalue weighted by Gasteiger charge is -2.27. The molecule has 1 heterocycles. The van der Waals surface area contributed by atoms with Crippen LogP contribution in [-0.4, -0.2) is 37.2 Å². The molecule has 0 bridgehead atoms. The fourth-order valence-electron chi connectivity index (χ4n) is 1.83. The summed E-state index contributed by atoms with van der Waals surface area (Å²) < 4.78 is 5.66. The van der Waals surface area contributed by atoms with Crippen LogP contribution in [-0.2, 0) is 9.53 Å². The predicted molar refractivity (Wildman–Crippen MR) is 64.3 cm³/mol. The molecule has 1 amide bonds. The monoisotopic (exact) mass is 228 g/mol. The van der Waals surface area contributed by atoms with Crippen molar-refractivity contribution in [3.63, 3.8) is 0 Å². The Balaban J connectivity index is 2.04. The Morgan fingerprint density at radius 3 is 2.81 bits per heavy atom. The summed E-state index contributed by atoms with van der Waals surface area (Å²) in [5.74, 6) is 0.0761. The van der Waals surface area contributed by atoms with Gasteiger partial charge in [-0.15, -0.1) is 0 Å². The summed E-state index contributed by atoms with van der Waals surface area (Å²) in [4.78, 5) is 11.3. The SMILES string of the molecule is CC(C)NC(=O)CCOC1CCC(C)NC1. The molecule has 4 heteroatoms. The first-order chi connectivity index (χ1) is 7.58. The Morgan fingerprint density at radius 2 is 2.25 bits per heavy atom. The molecule has 0 aromatic heterocycles. The third-order valence-corrected chi connectivity index (χ3v) is 2.75. The van der Waals surface area contributed by atoms with Crippen LogP contribution in [0.1, 0.15) is 40.0 Å². The average molecular weight is 228 g/mol. The quantitative estimate of drug-likeness (QED) is 0.739. The van der Waals surface area contributed by atoms with E-state index in [1.165, 1.54) is 0 Å². The van der Waals surface area contributed by atoms with Crippen LogP contribution < -0.4 is 10.6 Å². The fourth-order valence-corrected chi connectivity index (χ4v) is 1.83. The first-order valence-electron chi connectivity index (χ1n) is 6.22. The van der Waals surface area contributed by atoms with E-state index in [1.54, 1.807) is 0 Å². The Labute approximate surface area is 98.1 Å². The van der Waals surface area contributed by atoms with Gasteiger partial charge in [0.2, 0.25) is 5.91 Å². The summed E-state index contributed by atoms with van der Waals surface area (Å²) in [7, 11) is 0. The van der Waals surface area contributed by atoms with Crippen LogP contribution in [0.4, 0.5) is 0 Å². The van der Waals surface area contributed by atoms with Crippen LogP contribution in [0.25, 0.3) is 0 Å². The number of hydrogen-bond donors (Lipinski definition) is 2. The van der Waals surface area contributed by atoms with Crippen molar-refractivity contribution in [1.82, 2.24) is 10.6 Å². The van der Waals surface area contributed by atoms with E-state index in [2.05, 4.69) is 17.6 Å². The Bertz CT molecular complexity index is 211. The number of carbonyl (C=O) groups is 1. The number of amides is 1. The third-order valence-electron chi connectivity index (χ3n) is 2.75. The van der Waals surface area contributed by atoms with Crippen molar-refractivity contribution in [2.75, 3.05) is 13.2 Å². The van der Waals surface area contributed by atoms with Crippen LogP contribution >= 0.6 is 0 Å². The molecular formula is C12H24N2O2. The van der Waals surface area contributed by atoms with Gasteiger partial charge in [0.25, 0.3) is 0 Å². The topological polar surface area (TPSA) is 50.4 Å². The predicted octanol–water partition coefficient (Wildman–Crippen LogP) is 1.06. The maximum absolute atomic E-state index is 11.3. The number of hydrogen-bond acceptors (Lipinski definition) is 3. The summed E-state index contributed by atoms with van der Waals surface area (Å²) in [6, 6.07) is 0.814. The maximum Gasteiger partial charge on any atom is 0.222 e. The van der Waals surface area contributed by atoms with Crippen molar-refractivity contribution >= 4 is 5.91 Å². The second kappa shape index (κ2) is 6.86. The fraction of sp³-hybridized carbons (Fsp3) is 0.917. The van der Waals surface area contributed by atoms with Crippen LogP contribution in [0.5, 0.6) is 0 Å². The van der Waals surface area contributed by atoms with Gasteiger partial charge in [-0.25, -0.2) is 0 Å². The lowest BCUT2D eigenvalue weighted by Crippen LogP contribution is -2.41. The second-order valence-corrected chi connectivity index (χ2v) is 4.85. The molecule has 0 aliphatic carbocycles. The minimum absolute atomic E-state index is 0.0761. The molecule has 1 aliphatic heterocycles. The van der Waals surface area contributed by atoms with Crippen molar-refractivity contribution in [1.29, 1.82) is 0 Å². The van der Waals surface area contributed by atoms with E-state index in [1.807, 2.05) is 13.8 Å². The van der Waals surface area contributed by atoms with Gasteiger partial charge in [-0.1, -0.05) is 0 Å². The molecule has 0 radical (unpaired) electrons. The van der Waals surface area contributed by atoms with E-state index in [9.17, 15) is 4.79 Å². The van der Waals surface area contributed by atoms with Gasteiger partial charge in [0, 0.05) is 25.0 Å². The summed E-state index contributed by atoms with van der Waals surface area (Å²) in [5, 5.41) is 6.23. The Morgan fingerprint density at radius 1 is 1.50 bits per heavy atom. The summed E-state index contributed by atoms with van der Waals surface area (Å²) in [6.07, 6.45) is 3.00. The molecular weight excluding hydrogens is 204 g/mol. The second-order valence-electron chi connectivity index (χ2n) is 4.85. The van der Waals surface area contributed by atoms with Crippen molar-refractivity contribution in [3.05, 3.63) is 0 Å². The highest BCUT2D eigenvalue weighted by atomic mass is 16.5. The molecule has 16 heavy (non-hydrogen) atoms. The van der Waals surface area contributed by atoms with Gasteiger partial charge in [0.05, 0.1) is 12.7 Å². The lowest BCUT2D eigenvalue weighted by atomic mass is 10.0. The minimum Gasteiger partial charge on any atom is -0.376 e. The summed E-state index contributed by atoms with van der Waals surface area (Å²) in [5.41, 5.74) is 0. The van der Waals surface area contributed by atoms with Crippen LogP contribution in [0.2, 0.25) is 0 Å². The van der Waals surface area contributed by atoms with Crippen LogP contribution in [0.3, 0.4) is 0 Å². The van der Waals surface area contributed by atoms with Crippen molar-refractivity contribution in [2.45, 2.75) is 58.2 Å². The largest absolute Gasteiger partial charge is 0.376 e. The van der Waals surface area contributed by atoms with E-state index < -0.39 is 0 Å². The van der Waals surface area contributed by atoms with Gasteiger partial charge in [-0.2, -0.15) is 0 Å². The molecule has 2 unspecified atom stereocenters. The third kappa shape index (κ3) is 5.47. The van der Waals surface area contributed by atoms with E-state index in [4.69, 9.17) is 4.74 Å². The molecule has 0 saturated carbocycles. The molecule has 4 nitrogen and oxygen atoms in total. The molecule has 1 fully saturated rings. The summed E-state index contributed by atoms with van der Waals surface area (Å²) in [6.45, 7) is 7.55. The number of rotatable bonds is 5. The van der Waals surface area contributed by atoms with Gasteiger partial charge >= 0.3 is 0 Å². The molecule has 1 aliphatic rings. The first-order valence-corrected chi connectivity index (χ1v) is 6.22. The summed E-state index contributed by atoms with van der Waals surface area (Å²) >= 11 is 0. The van der Waals surface area contributed by atoms with Gasteiger partial charge < -0.3 is 15.4 Å². The van der Waals surface area contributed by atoms with E-state index >= 15 is 0 Å². The molecule has 94 valence electrons. The number of nitrogens with one attached hydrogen (secondary N) is 2. The van der Waals surface area contributed by atoms with Gasteiger partial charge in [-0.3, -0.25) is 4.79 Å². The van der Waals surface area contributed by atoms with Crippen LogP contribution in [0.15, 0.2) is 0 Å². The molecule has 0 aromatic rings. The number of piperidine rings is 1. The Hall–Kier alpha value is -0.610. The van der Waals surface area contributed by atoms with Crippen LogP contribution in [0, 0.1) is 0 Å². The molecule has 1 saturated heterocycles. The van der Waals surface area contributed by atoms with Crippen molar-refractivity contribution < 1.29 is 9.53 Å². The van der Waals surface area contributed by atoms with Gasteiger partial charge in [0.15, 0.2) is 0 Å². The highest BCUT2D eigenvalue weighted by Crippen LogP contribution is 2.10. The highest BCUT2D eigenvalue weighted by Gasteiger charge is 2.17. The Kier molecular flexibility index (Phi) is 5.77. The molecule has 1 rings (SSSR count). The van der Waals surface area contributed by atoms with E-state index in [0.29, 0.717) is 19.1 Å². The highest BCUT2D eigenvalue weighted by molar-refractivity contribution is 5.76. The molecule has 0 aromatic carbocycles. The molecule has 2 N–H and O–H groups in total. The minimum atomic E-state index is 0.0761. The standard InChI is InChI=1S/C12H24N2O2/c1-9(2)14-12(15)6-7-16-11-5-4-10(3)13-8-11/h9-11,13H,4-8H2,1-3H3,(H,14,15). The zero-order valence-corrected chi connectivity index (χ0v) is 10.6. The lowest BCUT2D eigenvalue weighted by molar-refractivity contribution is -0.123. The zero-order chi connectivity index (χ0) is 12.0. The number of ether oxygens (including phenoxy) is 1. The smallest absolute Gasteiger partial charge is 0.222 e. The van der Waals surface area contributed by atoms with Crippen molar-refractivity contribution in [3.8, 4) is 0 Å². The molecule has 0 spiro atoms. The number of carbonyl (C=O) groups excluding carboxylic acids is 1. The van der Waals surface area contributed by atoms with Gasteiger partial charge in [-0.05, 0) is 33.6 Å². The molecule has 2 atom stereocenters. The average Bonchev–Trinajstić information content (AvgIpc) is 2.20. The van der Waals surface area contributed by atoms with Crippen molar-refractivity contribution in [2.24, 2.45) is 0 Å². The van der Waals surface area contributed by atoms with Gasteiger partial charge in [0.1, 0.15) is 0 Å². The first kappa shape index (κ1) is 13.5. The van der Waals surface area contributed by atoms with E-state index in [-0.39, 0.29) is 18.1 Å². The zero-order valence-electron chi connectivity index (χ0n) is 10.6. The maximum atomic E-state index is 11.3. The van der Waals surface area contributed by atoms with E-state index in [0.717, 1.165) is 19.4 Å².